The van der Waals surface area contributed by atoms with Crippen LogP contribution in [0.1, 0.15) is 122 Å². The predicted octanol–water partition coefficient (Wildman–Crippen LogP) is 11.7. The van der Waals surface area contributed by atoms with Crippen molar-refractivity contribution in [1.29, 1.82) is 0 Å². The number of benzene rings is 5. The number of carbonyl (C=O) groups excluding carboxylic acids is 3. The fourth-order valence-corrected chi connectivity index (χ4v) is 9.99. The molecule has 1 heterocycles. The monoisotopic (exact) mass is 822 g/mol. The molecule has 7 nitrogen and oxygen atoms in total. The number of rotatable bonds is 11. The van der Waals surface area contributed by atoms with Crippen LogP contribution in [0.25, 0.3) is 11.1 Å². The molecule has 1 saturated heterocycles. The van der Waals surface area contributed by atoms with Gasteiger partial charge in [-0.05, 0) is 71.9 Å². The molecule has 3 aliphatic rings. The van der Waals surface area contributed by atoms with E-state index in [1.165, 1.54) is 44.1 Å². The number of amides is 2. The Kier molecular flexibility index (Phi) is 13.3. The second-order valence-corrected chi connectivity index (χ2v) is 17.0. The summed E-state index contributed by atoms with van der Waals surface area (Å²) in [7, 11) is 0. The van der Waals surface area contributed by atoms with E-state index in [0.717, 1.165) is 59.9 Å². The number of halogens is 1. The van der Waals surface area contributed by atoms with Crippen LogP contribution in [0, 0.1) is 0 Å². The molecule has 8 rings (SSSR count). The highest BCUT2D eigenvalue weighted by atomic mass is 35.5. The van der Waals surface area contributed by atoms with Gasteiger partial charge in [-0.25, -0.2) is 4.79 Å². The predicted molar refractivity (Wildman–Crippen MR) is 237 cm³/mol. The van der Waals surface area contributed by atoms with Gasteiger partial charge in [0, 0.05) is 40.7 Å². The van der Waals surface area contributed by atoms with Crippen molar-refractivity contribution in [1.82, 2.24) is 10.2 Å². The highest BCUT2D eigenvalue weighted by molar-refractivity contribution is 6.31. The first-order valence-electron chi connectivity index (χ1n) is 22.0. The number of carbonyl (C=O) groups is 3. The number of nitrogens with zero attached hydrogens (tertiary/aromatic N) is 1. The van der Waals surface area contributed by atoms with E-state index in [1.807, 2.05) is 72.8 Å². The van der Waals surface area contributed by atoms with Gasteiger partial charge in [0.05, 0.1) is 6.42 Å². The van der Waals surface area contributed by atoms with Gasteiger partial charge in [0.15, 0.2) is 5.60 Å². The summed E-state index contributed by atoms with van der Waals surface area (Å²) in [6.07, 6.45) is 11.5. The molecule has 0 radical (unpaired) electrons. The molecule has 2 fully saturated rings. The maximum Gasteiger partial charge on any atom is 0.407 e. The Balaban J connectivity index is 1.09. The van der Waals surface area contributed by atoms with Gasteiger partial charge in [-0.15, -0.1) is 0 Å². The van der Waals surface area contributed by atoms with E-state index in [2.05, 4.69) is 53.8 Å². The molecular weight excluding hydrogens is 768 g/mol. The first-order valence-corrected chi connectivity index (χ1v) is 22.3. The summed E-state index contributed by atoms with van der Waals surface area (Å²) in [5.41, 5.74) is 6.28. The van der Waals surface area contributed by atoms with E-state index >= 15 is 0 Å². The molecule has 60 heavy (non-hydrogen) atoms. The molecule has 1 aliphatic heterocycles. The molecule has 1 saturated carbocycles. The minimum atomic E-state index is -1.46. The molecule has 8 heteroatoms. The molecule has 2 aliphatic carbocycles. The van der Waals surface area contributed by atoms with Crippen LogP contribution in [0.5, 0.6) is 0 Å². The van der Waals surface area contributed by atoms with E-state index in [4.69, 9.17) is 21.1 Å². The van der Waals surface area contributed by atoms with Crippen LogP contribution in [0.3, 0.4) is 0 Å². The van der Waals surface area contributed by atoms with Crippen LogP contribution < -0.4 is 5.32 Å². The third-order valence-electron chi connectivity index (χ3n) is 12.8. The van der Waals surface area contributed by atoms with E-state index < -0.39 is 30.1 Å². The fourth-order valence-electron chi connectivity index (χ4n) is 9.72. The van der Waals surface area contributed by atoms with Crippen LogP contribution in [-0.2, 0) is 24.7 Å². The number of ether oxygens (including phenoxy) is 2. The number of hydrogen-bond acceptors (Lipinski definition) is 5. The van der Waals surface area contributed by atoms with Crippen molar-refractivity contribution in [2.24, 2.45) is 0 Å². The number of esters is 1. The summed E-state index contributed by atoms with van der Waals surface area (Å²) >= 11 is 7.05. The highest BCUT2D eigenvalue weighted by Gasteiger charge is 2.43. The second-order valence-electron chi connectivity index (χ2n) is 16.6. The van der Waals surface area contributed by atoms with Gasteiger partial charge in [0.1, 0.15) is 12.6 Å². The Bertz CT molecular complexity index is 2200. The lowest BCUT2D eigenvalue weighted by molar-refractivity contribution is -0.156. The minimum absolute atomic E-state index is 0.0788. The van der Waals surface area contributed by atoms with Crippen molar-refractivity contribution >= 4 is 29.6 Å². The Morgan fingerprint density at radius 1 is 0.650 bits per heavy atom. The standard InChI is InChI=1S/C52H55ClN2O5/c53-47-28-16-15-27-46(47)52(39-21-9-5-10-22-39,40-31-29-38(30-32-40)37-19-7-3-1-2-4-8-20-37)60-49(56)35-48(50(57)55-33-17-6-18-34-55)54-51(58)59-36-45-43-25-13-11-23-41(43)42-24-12-14-26-44(42)45/h5,9-16,21-32,37,45,48H,1-4,6-8,17-20,33-36H2,(H,54,58)/t48-,52?/m0/s1. The molecule has 1 unspecified atom stereocenters. The summed E-state index contributed by atoms with van der Waals surface area (Å²) in [6.45, 7) is 1.19. The van der Waals surface area contributed by atoms with Crippen LogP contribution in [-0.4, -0.2) is 48.6 Å². The number of alkyl carbamates (subject to hydrolysis) is 1. The SMILES string of the molecule is O=C(C[C@H](NC(=O)OCC1c2ccccc2-c2ccccc21)C(=O)N1CCCCC1)OC(c1ccccc1)(c1ccc(C2CCCCCCCC2)cc1)c1ccccc1Cl. The van der Waals surface area contributed by atoms with Crippen LogP contribution >= 0.6 is 11.6 Å². The Morgan fingerprint density at radius 2 is 1.20 bits per heavy atom. The summed E-state index contributed by atoms with van der Waals surface area (Å²) in [4.78, 5) is 44.5. The largest absolute Gasteiger partial charge is 0.449 e. The third kappa shape index (κ3) is 9.02. The van der Waals surface area contributed by atoms with Crippen molar-refractivity contribution in [3.63, 3.8) is 0 Å². The zero-order chi connectivity index (χ0) is 41.3. The number of likely N-dealkylation sites (tertiary alicyclic amines) is 1. The molecule has 0 aromatic heterocycles. The van der Waals surface area contributed by atoms with Gasteiger partial charge in [-0.1, -0.05) is 171 Å². The lowest BCUT2D eigenvalue weighted by atomic mass is 9.78. The zero-order valence-corrected chi connectivity index (χ0v) is 35.1. The normalized spacial score (nSPS) is 17.4. The van der Waals surface area contributed by atoms with E-state index in [0.29, 0.717) is 35.2 Å². The van der Waals surface area contributed by atoms with Gasteiger partial charge in [0.25, 0.3) is 0 Å². The van der Waals surface area contributed by atoms with E-state index in [9.17, 15) is 14.4 Å². The quantitative estimate of drug-likeness (QED) is 0.106. The fraction of sp³-hybridized carbons (Fsp3) is 0.365. The minimum Gasteiger partial charge on any atom is -0.449 e. The van der Waals surface area contributed by atoms with Crippen LogP contribution in [0.4, 0.5) is 4.79 Å². The Morgan fingerprint density at radius 3 is 1.85 bits per heavy atom. The summed E-state index contributed by atoms with van der Waals surface area (Å²) in [5, 5.41) is 3.25. The summed E-state index contributed by atoms with van der Waals surface area (Å²) < 4.78 is 12.7. The maximum atomic E-state index is 14.7. The van der Waals surface area contributed by atoms with Gasteiger partial charge < -0.3 is 19.7 Å². The van der Waals surface area contributed by atoms with E-state index in [1.54, 1.807) is 11.0 Å². The maximum absolute atomic E-state index is 14.7. The molecule has 0 spiro atoms. The van der Waals surface area contributed by atoms with Crippen molar-refractivity contribution in [2.75, 3.05) is 19.7 Å². The van der Waals surface area contributed by atoms with Gasteiger partial charge in [0.2, 0.25) is 5.91 Å². The molecule has 5 aromatic carbocycles. The lowest BCUT2D eigenvalue weighted by Crippen LogP contribution is -2.51. The van der Waals surface area contributed by atoms with Crippen LogP contribution in [0.15, 0.2) is 127 Å². The number of nitrogens with one attached hydrogen (secondary N) is 1. The Labute approximate surface area is 359 Å². The van der Waals surface area contributed by atoms with Gasteiger partial charge in [-0.2, -0.15) is 0 Å². The number of hydrogen-bond donors (Lipinski definition) is 1. The number of fused-ring (bicyclic) bond motifs is 3. The van der Waals surface area contributed by atoms with Crippen molar-refractivity contribution in [3.8, 4) is 11.1 Å². The topological polar surface area (TPSA) is 84.9 Å². The second kappa shape index (κ2) is 19.3. The molecule has 310 valence electrons. The highest BCUT2D eigenvalue weighted by Crippen LogP contribution is 2.46. The van der Waals surface area contributed by atoms with Gasteiger partial charge in [-0.3, -0.25) is 9.59 Å². The smallest absolute Gasteiger partial charge is 0.407 e. The summed E-state index contributed by atoms with van der Waals surface area (Å²) in [6, 6.07) is 40.6. The van der Waals surface area contributed by atoms with Crippen molar-refractivity contribution in [3.05, 3.63) is 166 Å². The van der Waals surface area contributed by atoms with Crippen molar-refractivity contribution in [2.45, 2.75) is 101 Å². The first-order chi connectivity index (χ1) is 29.4. The average molecular weight is 823 g/mol. The third-order valence-corrected chi connectivity index (χ3v) is 13.1. The van der Waals surface area contributed by atoms with Gasteiger partial charge >= 0.3 is 12.1 Å². The van der Waals surface area contributed by atoms with Crippen LogP contribution in [0.2, 0.25) is 5.02 Å². The first kappa shape index (κ1) is 41.3. The van der Waals surface area contributed by atoms with Crippen molar-refractivity contribution < 1.29 is 23.9 Å². The molecule has 5 aromatic rings. The number of piperidine rings is 1. The zero-order valence-electron chi connectivity index (χ0n) is 34.3. The molecule has 0 bridgehead atoms. The molecule has 2 atom stereocenters. The van der Waals surface area contributed by atoms with E-state index in [-0.39, 0.29) is 18.4 Å². The average Bonchev–Trinajstić information content (AvgIpc) is 3.68. The molecular formula is C52H55ClN2O5. The molecule has 2 amide bonds. The lowest BCUT2D eigenvalue weighted by Gasteiger charge is -2.37. The molecule has 1 N–H and O–H groups in total. The summed E-state index contributed by atoms with van der Waals surface area (Å²) in [5.74, 6) is -0.679. The Hall–Kier alpha value is -5.40.